The lowest BCUT2D eigenvalue weighted by Gasteiger charge is -2.08. The third kappa shape index (κ3) is 1.79. The van der Waals surface area contributed by atoms with E-state index < -0.39 is 0 Å². The molecule has 0 aliphatic heterocycles. The summed E-state index contributed by atoms with van der Waals surface area (Å²) in [7, 11) is 3.59. The lowest BCUT2D eigenvalue weighted by atomic mass is 10.1. The van der Waals surface area contributed by atoms with Gasteiger partial charge >= 0.3 is 0 Å². The monoisotopic (exact) mass is 265 g/mol. The van der Waals surface area contributed by atoms with Crippen LogP contribution in [0.5, 0.6) is 5.75 Å². The first-order valence-electron chi connectivity index (χ1n) is 4.70. The highest BCUT2D eigenvalue weighted by Gasteiger charge is 2.05. The Kier molecular flexibility index (Phi) is 2.82. The van der Waals surface area contributed by atoms with E-state index in [2.05, 4.69) is 39.4 Å². The average molecular weight is 266 g/mol. The number of fused-ring (bicyclic) bond motifs is 1. The van der Waals surface area contributed by atoms with E-state index in [4.69, 9.17) is 4.74 Å². The number of benzene rings is 2. The van der Waals surface area contributed by atoms with Crippen LogP contribution in [-0.4, -0.2) is 14.2 Å². The van der Waals surface area contributed by atoms with Crippen molar-refractivity contribution in [3.05, 3.63) is 34.8 Å². The van der Waals surface area contributed by atoms with Gasteiger partial charge in [0, 0.05) is 12.7 Å². The minimum Gasteiger partial charge on any atom is -0.496 e. The molecule has 0 saturated carbocycles. The first-order valence-corrected chi connectivity index (χ1v) is 5.49. The highest BCUT2D eigenvalue weighted by Crippen LogP contribution is 2.33. The summed E-state index contributed by atoms with van der Waals surface area (Å²) in [5.41, 5.74) is 1.11. The van der Waals surface area contributed by atoms with E-state index in [1.165, 1.54) is 5.39 Å². The summed E-state index contributed by atoms with van der Waals surface area (Å²) in [4.78, 5) is 0. The maximum absolute atomic E-state index is 5.25. The van der Waals surface area contributed by atoms with Crippen LogP contribution >= 0.6 is 15.9 Å². The predicted octanol–water partition coefficient (Wildman–Crippen LogP) is 3.65. The average Bonchev–Trinajstić information content (AvgIpc) is 2.29. The zero-order valence-corrected chi connectivity index (χ0v) is 10.3. The molecule has 1 N–H and O–H groups in total. The van der Waals surface area contributed by atoms with Gasteiger partial charge in [0.1, 0.15) is 5.75 Å². The van der Waals surface area contributed by atoms with E-state index in [0.717, 1.165) is 21.3 Å². The quantitative estimate of drug-likeness (QED) is 0.895. The zero-order chi connectivity index (χ0) is 10.8. The first kappa shape index (κ1) is 10.3. The highest BCUT2D eigenvalue weighted by molar-refractivity contribution is 9.10. The molecule has 0 fully saturated rings. The van der Waals surface area contributed by atoms with Crippen molar-refractivity contribution in [2.75, 3.05) is 19.5 Å². The van der Waals surface area contributed by atoms with E-state index in [1.54, 1.807) is 7.11 Å². The van der Waals surface area contributed by atoms with Crippen molar-refractivity contribution in [2.45, 2.75) is 0 Å². The molecule has 0 aliphatic carbocycles. The van der Waals surface area contributed by atoms with Crippen LogP contribution in [0.1, 0.15) is 0 Å². The molecule has 15 heavy (non-hydrogen) atoms. The Labute approximate surface area is 97.4 Å². The standard InChI is InChI=1S/C12H12BrNO/c1-14-9-4-5-10-8(7-9)3-6-11(15-2)12(10)13/h3-7,14H,1-2H3. The lowest BCUT2D eigenvalue weighted by molar-refractivity contribution is 0.413. The molecule has 0 spiro atoms. The molecule has 0 bridgehead atoms. The SMILES string of the molecule is CNc1ccc2c(Br)c(OC)ccc2c1. The molecule has 2 nitrogen and oxygen atoms in total. The van der Waals surface area contributed by atoms with Gasteiger partial charge in [-0.3, -0.25) is 0 Å². The predicted molar refractivity (Wildman–Crippen MR) is 67.7 cm³/mol. The fraction of sp³-hybridized carbons (Fsp3) is 0.167. The number of hydrogen-bond donors (Lipinski definition) is 1. The van der Waals surface area contributed by atoms with Crippen LogP contribution in [0.15, 0.2) is 34.8 Å². The normalized spacial score (nSPS) is 10.3. The molecule has 0 unspecified atom stereocenters. The smallest absolute Gasteiger partial charge is 0.133 e. The van der Waals surface area contributed by atoms with Gasteiger partial charge in [-0.15, -0.1) is 0 Å². The minimum atomic E-state index is 0.861. The summed E-state index contributed by atoms with van der Waals surface area (Å²) in [6.07, 6.45) is 0. The van der Waals surface area contributed by atoms with E-state index in [1.807, 2.05) is 19.2 Å². The van der Waals surface area contributed by atoms with E-state index >= 15 is 0 Å². The molecule has 2 aromatic carbocycles. The number of hydrogen-bond acceptors (Lipinski definition) is 2. The molecule has 2 aromatic rings. The molecule has 0 atom stereocenters. The van der Waals surface area contributed by atoms with Gasteiger partial charge in [0.25, 0.3) is 0 Å². The van der Waals surface area contributed by atoms with Crippen LogP contribution in [0.2, 0.25) is 0 Å². The number of anilines is 1. The minimum absolute atomic E-state index is 0.861. The van der Waals surface area contributed by atoms with Crippen LogP contribution < -0.4 is 10.1 Å². The second kappa shape index (κ2) is 4.11. The topological polar surface area (TPSA) is 21.3 Å². The van der Waals surface area contributed by atoms with Gasteiger partial charge in [-0.1, -0.05) is 12.1 Å². The Hall–Kier alpha value is -1.22. The van der Waals surface area contributed by atoms with Gasteiger partial charge in [0.15, 0.2) is 0 Å². The molecular weight excluding hydrogens is 254 g/mol. The molecule has 0 aromatic heterocycles. The Balaban J connectivity index is 2.68. The van der Waals surface area contributed by atoms with Crippen LogP contribution in [-0.2, 0) is 0 Å². The summed E-state index contributed by atoms with van der Waals surface area (Å²) in [6, 6.07) is 10.3. The summed E-state index contributed by atoms with van der Waals surface area (Å²) in [6.45, 7) is 0. The fourth-order valence-corrected chi connectivity index (χ4v) is 2.24. The Morgan fingerprint density at radius 2 is 2.00 bits per heavy atom. The Bertz CT molecular complexity index is 496. The first-order chi connectivity index (χ1) is 7.26. The maximum Gasteiger partial charge on any atom is 0.133 e. The maximum atomic E-state index is 5.25. The molecule has 0 radical (unpaired) electrons. The van der Waals surface area contributed by atoms with E-state index in [9.17, 15) is 0 Å². The number of ether oxygens (including phenoxy) is 1. The van der Waals surface area contributed by atoms with Crippen molar-refractivity contribution in [3.8, 4) is 5.75 Å². The summed E-state index contributed by atoms with van der Waals surface area (Å²) in [5.74, 6) is 0.861. The van der Waals surface area contributed by atoms with Crippen LogP contribution in [0, 0.1) is 0 Å². The van der Waals surface area contributed by atoms with Crippen molar-refractivity contribution < 1.29 is 4.74 Å². The molecule has 78 valence electrons. The molecule has 0 amide bonds. The fourth-order valence-electron chi connectivity index (χ4n) is 1.59. The zero-order valence-electron chi connectivity index (χ0n) is 8.67. The molecule has 0 aliphatic rings. The molecule has 0 saturated heterocycles. The van der Waals surface area contributed by atoms with Crippen molar-refractivity contribution in [1.29, 1.82) is 0 Å². The van der Waals surface area contributed by atoms with Crippen LogP contribution in [0.3, 0.4) is 0 Å². The number of methoxy groups -OCH3 is 1. The molecule has 0 heterocycles. The van der Waals surface area contributed by atoms with Gasteiger partial charge in [-0.05, 0) is 44.9 Å². The lowest BCUT2D eigenvalue weighted by Crippen LogP contribution is -1.89. The van der Waals surface area contributed by atoms with Crippen LogP contribution in [0.4, 0.5) is 5.69 Å². The van der Waals surface area contributed by atoms with Gasteiger partial charge in [-0.25, -0.2) is 0 Å². The third-order valence-corrected chi connectivity index (χ3v) is 3.25. The van der Waals surface area contributed by atoms with Crippen molar-refractivity contribution in [3.63, 3.8) is 0 Å². The largest absolute Gasteiger partial charge is 0.496 e. The number of nitrogens with one attached hydrogen (secondary N) is 1. The third-order valence-electron chi connectivity index (χ3n) is 2.43. The summed E-state index contributed by atoms with van der Waals surface area (Å²) in [5, 5.41) is 5.47. The Morgan fingerprint density at radius 1 is 1.20 bits per heavy atom. The van der Waals surface area contributed by atoms with E-state index in [0.29, 0.717) is 0 Å². The molecule has 2 rings (SSSR count). The van der Waals surface area contributed by atoms with Crippen molar-refractivity contribution in [2.24, 2.45) is 0 Å². The second-order valence-electron chi connectivity index (χ2n) is 3.27. The van der Waals surface area contributed by atoms with Crippen molar-refractivity contribution in [1.82, 2.24) is 0 Å². The summed E-state index contributed by atoms with van der Waals surface area (Å²) >= 11 is 3.54. The van der Waals surface area contributed by atoms with Gasteiger partial charge < -0.3 is 10.1 Å². The summed E-state index contributed by atoms with van der Waals surface area (Å²) < 4.78 is 6.25. The van der Waals surface area contributed by atoms with Gasteiger partial charge in [-0.2, -0.15) is 0 Å². The Morgan fingerprint density at radius 3 is 2.67 bits per heavy atom. The second-order valence-corrected chi connectivity index (χ2v) is 4.06. The van der Waals surface area contributed by atoms with Gasteiger partial charge in [0.2, 0.25) is 0 Å². The number of rotatable bonds is 2. The molecule has 3 heteroatoms. The number of halogens is 1. The van der Waals surface area contributed by atoms with Crippen molar-refractivity contribution >= 4 is 32.4 Å². The van der Waals surface area contributed by atoms with E-state index in [-0.39, 0.29) is 0 Å². The highest BCUT2D eigenvalue weighted by atomic mass is 79.9. The van der Waals surface area contributed by atoms with Crippen LogP contribution in [0.25, 0.3) is 10.8 Å². The molecular formula is C12H12BrNO. The van der Waals surface area contributed by atoms with Gasteiger partial charge in [0.05, 0.1) is 11.6 Å².